The van der Waals surface area contributed by atoms with Gasteiger partial charge in [-0.2, -0.15) is 0 Å². The van der Waals surface area contributed by atoms with Crippen molar-refractivity contribution >= 4 is 23.4 Å². The van der Waals surface area contributed by atoms with Crippen LogP contribution in [0.15, 0.2) is 69.6 Å². The summed E-state index contributed by atoms with van der Waals surface area (Å²) < 4.78 is 12.8. The third kappa shape index (κ3) is 3.85. The molecule has 0 spiro atoms. The van der Waals surface area contributed by atoms with E-state index in [0.717, 1.165) is 5.56 Å². The first-order chi connectivity index (χ1) is 15.4. The molecule has 1 N–H and O–H groups in total. The molecule has 1 aromatic heterocycles. The van der Waals surface area contributed by atoms with Crippen LogP contribution in [-0.2, 0) is 9.53 Å². The summed E-state index contributed by atoms with van der Waals surface area (Å²) in [6.45, 7) is 3.68. The van der Waals surface area contributed by atoms with Crippen LogP contribution >= 0.6 is 11.3 Å². The maximum Gasteiger partial charge on any atom is 0.338 e. The third-order valence-electron chi connectivity index (χ3n) is 5.14. The second-order valence-electron chi connectivity index (χ2n) is 7.14. The molecular formula is C24H22N2O5S. The number of ether oxygens (including phenoxy) is 2. The molecule has 164 valence electrons. The number of benzene rings is 2. The number of carbonyl (C=O) groups excluding carboxylic acids is 1. The van der Waals surface area contributed by atoms with E-state index in [9.17, 15) is 14.7 Å². The summed E-state index contributed by atoms with van der Waals surface area (Å²) >= 11 is 1.24. The van der Waals surface area contributed by atoms with Crippen LogP contribution in [0.5, 0.6) is 11.5 Å². The summed E-state index contributed by atoms with van der Waals surface area (Å²) in [6, 6.07) is 13.1. The molecule has 1 unspecified atom stereocenters. The Bertz CT molecular complexity index is 1380. The predicted molar refractivity (Wildman–Crippen MR) is 121 cm³/mol. The highest BCUT2D eigenvalue weighted by Crippen LogP contribution is 2.35. The normalized spacial score (nSPS) is 15.8. The highest BCUT2D eigenvalue weighted by Gasteiger charge is 2.34. The van der Waals surface area contributed by atoms with Gasteiger partial charge in [0.05, 0.1) is 29.5 Å². The molecule has 1 aliphatic heterocycles. The standard InChI is InChI=1S/C24H22N2O5S/c1-4-31-23(29)20-14(2)25-24-26(21(20)17-7-5-6-8-18(17)30-3)22(28)19(32-24)13-15-9-11-16(27)12-10-15/h5-13,21,27H,4H2,1-3H3/b19-13+. The fourth-order valence-electron chi connectivity index (χ4n) is 3.70. The van der Waals surface area contributed by atoms with E-state index in [-0.39, 0.29) is 17.9 Å². The Balaban J connectivity index is 1.98. The molecule has 4 rings (SSSR count). The lowest BCUT2D eigenvalue weighted by Crippen LogP contribution is -2.40. The van der Waals surface area contributed by atoms with E-state index < -0.39 is 12.0 Å². The number of phenols is 1. The van der Waals surface area contributed by atoms with Crippen molar-refractivity contribution in [2.75, 3.05) is 13.7 Å². The number of hydrogen-bond acceptors (Lipinski definition) is 7. The van der Waals surface area contributed by atoms with Gasteiger partial charge in [0.15, 0.2) is 4.80 Å². The van der Waals surface area contributed by atoms with Crippen LogP contribution in [-0.4, -0.2) is 29.4 Å². The quantitative estimate of drug-likeness (QED) is 0.604. The lowest BCUT2D eigenvalue weighted by Gasteiger charge is -2.25. The number of rotatable bonds is 5. The number of esters is 1. The minimum absolute atomic E-state index is 0.148. The SMILES string of the molecule is CCOC(=O)C1=C(C)N=c2s/c(=C/c3ccc(O)cc3)c(=O)n2C1c1ccccc1OC. The second kappa shape index (κ2) is 8.84. The third-order valence-corrected chi connectivity index (χ3v) is 6.12. The van der Waals surface area contributed by atoms with Crippen molar-refractivity contribution < 1.29 is 19.4 Å². The van der Waals surface area contributed by atoms with E-state index in [2.05, 4.69) is 4.99 Å². The molecular weight excluding hydrogens is 428 g/mol. The molecule has 0 radical (unpaired) electrons. The van der Waals surface area contributed by atoms with Crippen molar-refractivity contribution in [3.05, 3.63) is 90.6 Å². The van der Waals surface area contributed by atoms with Crippen molar-refractivity contribution in [3.63, 3.8) is 0 Å². The van der Waals surface area contributed by atoms with Gasteiger partial charge in [-0.15, -0.1) is 0 Å². The minimum Gasteiger partial charge on any atom is -0.508 e. The maximum atomic E-state index is 13.5. The first kappa shape index (κ1) is 21.6. The van der Waals surface area contributed by atoms with Gasteiger partial charge in [-0.1, -0.05) is 41.7 Å². The van der Waals surface area contributed by atoms with Gasteiger partial charge in [-0.3, -0.25) is 9.36 Å². The Morgan fingerprint density at radius 3 is 2.62 bits per heavy atom. The Morgan fingerprint density at radius 2 is 1.94 bits per heavy atom. The lowest BCUT2D eigenvalue weighted by atomic mass is 9.95. The Labute approximate surface area is 188 Å². The number of fused-ring (bicyclic) bond motifs is 1. The van der Waals surface area contributed by atoms with Gasteiger partial charge in [-0.25, -0.2) is 9.79 Å². The number of nitrogens with zero attached hydrogens (tertiary/aromatic N) is 2. The molecule has 7 nitrogen and oxygen atoms in total. The summed E-state index contributed by atoms with van der Waals surface area (Å²) in [5.74, 6) is 0.189. The van der Waals surface area contributed by atoms with Crippen molar-refractivity contribution in [2.24, 2.45) is 4.99 Å². The average molecular weight is 451 g/mol. The number of aromatic hydroxyl groups is 1. The minimum atomic E-state index is -0.733. The highest BCUT2D eigenvalue weighted by molar-refractivity contribution is 7.07. The molecule has 0 fully saturated rings. The zero-order valence-corrected chi connectivity index (χ0v) is 18.7. The predicted octanol–water partition coefficient (Wildman–Crippen LogP) is 2.51. The second-order valence-corrected chi connectivity index (χ2v) is 8.14. The van der Waals surface area contributed by atoms with Gasteiger partial charge in [0.25, 0.3) is 5.56 Å². The van der Waals surface area contributed by atoms with Gasteiger partial charge in [0.1, 0.15) is 17.5 Å². The molecule has 32 heavy (non-hydrogen) atoms. The number of aromatic nitrogens is 1. The van der Waals surface area contributed by atoms with Crippen LogP contribution in [0.3, 0.4) is 0 Å². The monoisotopic (exact) mass is 450 g/mol. The maximum absolute atomic E-state index is 13.5. The van der Waals surface area contributed by atoms with Crippen LogP contribution in [0.25, 0.3) is 6.08 Å². The Morgan fingerprint density at radius 1 is 1.22 bits per heavy atom. The first-order valence-electron chi connectivity index (χ1n) is 10.1. The molecule has 2 aromatic carbocycles. The fourth-order valence-corrected chi connectivity index (χ4v) is 4.75. The fraction of sp³-hybridized carbons (Fsp3) is 0.208. The largest absolute Gasteiger partial charge is 0.508 e. The lowest BCUT2D eigenvalue weighted by molar-refractivity contribution is -0.139. The smallest absolute Gasteiger partial charge is 0.338 e. The number of allylic oxidation sites excluding steroid dienone is 1. The number of carbonyl (C=O) groups is 1. The van der Waals surface area contributed by atoms with Crippen LogP contribution in [0.2, 0.25) is 0 Å². The molecule has 2 heterocycles. The summed E-state index contributed by atoms with van der Waals surface area (Å²) in [5.41, 5.74) is 1.97. The zero-order valence-electron chi connectivity index (χ0n) is 17.9. The number of para-hydroxylation sites is 1. The molecule has 0 saturated heterocycles. The van der Waals surface area contributed by atoms with Crippen molar-refractivity contribution in [1.29, 1.82) is 0 Å². The van der Waals surface area contributed by atoms with Gasteiger partial charge in [0.2, 0.25) is 0 Å². The number of thiazole rings is 1. The van der Waals surface area contributed by atoms with Crippen LogP contribution in [0, 0.1) is 0 Å². The Kier molecular flexibility index (Phi) is 5.96. The van der Waals surface area contributed by atoms with Crippen molar-refractivity contribution in [2.45, 2.75) is 19.9 Å². The number of hydrogen-bond donors (Lipinski definition) is 1. The van der Waals surface area contributed by atoms with E-state index >= 15 is 0 Å². The van der Waals surface area contributed by atoms with Gasteiger partial charge in [0, 0.05) is 5.56 Å². The zero-order chi connectivity index (χ0) is 22.8. The highest BCUT2D eigenvalue weighted by atomic mass is 32.1. The molecule has 3 aromatic rings. The first-order valence-corrected chi connectivity index (χ1v) is 10.9. The van der Waals surface area contributed by atoms with E-state index in [0.29, 0.717) is 31.9 Å². The van der Waals surface area contributed by atoms with E-state index in [1.165, 1.54) is 15.9 Å². The number of phenolic OH excluding ortho intramolecular Hbond substituents is 1. The van der Waals surface area contributed by atoms with Gasteiger partial charge >= 0.3 is 5.97 Å². The molecule has 0 saturated carbocycles. The topological polar surface area (TPSA) is 90.1 Å². The van der Waals surface area contributed by atoms with E-state index in [4.69, 9.17) is 9.47 Å². The summed E-state index contributed by atoms with van der Waals surface area (Å²) in [5, 5.41) is 9.52. The van der Waals surface area contributed by atoms with Crippen LogP contribution < -0.4 is 19.6 Å². The summed E-state index contributed by atoms with van der Waals surface area (Å²) in [6.07, 6.45) is 1.74. The van der Waals surface area contributed by atoms with Crippen LogP contribution in [0.1, 0.15) is 31.0 Å². The van der Waals surface area contributed by atoms with Gasteiger partial charge < -0.3 is 14.6 Å². The van der Waals surface area contributed by atoms with Crippen molar-refractivity contribution in [1.82, 2.24) is 4.57 Å². The molecule has 1 atom stereocenters. The Hall–Kier alpha value is -3.65. The number of methoxy groups -OCH3 is 1. The molecule has 0 aliphatic carbocycles. The van der Waals surface area contributed by atoms with E-state index in [1.54, 1.807) is 57.4 Å². The molecule has 8 heteroatoms. The van der Waals surface area contributed by atoms with Crippen molar-refractivity contribution in [3.8, 4) is 11.5 Å². The molecule has 0 amide bonds. The average Bonchev–Trinajstić information content (AvgIpc) is 3.09. The van der Waals surface area contributed by atoms with Gasteiger partial charge in [-0.05, 0) is 43.7 Å². The van der Waals surface area contributed by atoms with E-state index in [1.807, 2.05) is 18.2 Å². The van der Waals surface area contributed by atoms with Crippen LogP contribution in [0.4, 0.5) is 0 Å². The summed E-state index contributed by atoms with van der Waals surface area (Å²) in [7, 11) is 1.55. The molecule has 1 aliphatic rings. The summed E-state index contributed by atoms with van der Waals surface area (Å²) in [4.78, 5) is 31.5. The molecule has 0 bridgehead atoms.